The van der Waals surface area contributed by atoms with Crippen molar-refractivity contribution in [2.24, 2.45) is 0 Å². The first kappa shape index (κ1) is 27.6. The first-order valence-electron chi connectivity index (χ1n) is 11.8. The minimum absolute atomic E-state index is 0.310. The predicted octanol–water partition coefficient (Wildman–Crippen LogP) is 6.34. The zero-order chi connectivity index (χ0) is 24.3. The molecule has 0 radical (unpaired) electrons. The highest BCUT2D eigenvalue weighted by Gasteiger charge is 2.30. The van der Waals surface area contributed by atoms with Crippen LogP contribution in [0.15, 0.2) is 36.9 Å². The zero-order valence-electron chi connectivity index (χ0n) is 19.9. The van der Waals surface area contributed by atoms with Gasteiger partial charge in [0.15, 0.2) is 5.11 Å². The summed E-state index contributed by atoms with van der Waals surface area (Å²) in [7, 11) is 4.06. The minimum atomic E-state index is -4.33. The molecule has 0 saturated heterocycles. The summed E-state index contributed by atoms with van der Waals surface area (Å²) in [5.74, 6) is 0. The van der Waals surface area contributed by atoms with Crippen molar-refractivity contribution in [2.45, 2.75) is 69.7 Å². The van der Waals surface area contributed by atoms with E-state index in [4.69, 9.17) is 17.0 Å². The minimum Gasteiger partial charge on any atom is -0.378 e. The molecule has 1 fully saturated rings. The molecule has 8 heteroatoms. The number of nitrogens with zero attached hydrogens (tertiary/aromatic N) is 2. The van der Waals surface area contributed by atoms with Crippen LogP contribution in [0.1, 0.15) is 56.9 Å². The van der Waals surface area contributed by atoms with Gasteiger partial charge >= 0.3 is 6.18 Å². The summed E-state index contributed by atoms with van der Waals surface area (Å²) in [4.78, 5) is 4.30. The number of thiocarbonyl (C=S) groups is 1. The Balaban J connectivity index is 1.60. The van der Waals surface area contributed by atoms with Crippen LogP contribution in [0.2, 0.25) is 0 Å². The van der Waals surface area contributed by atoms with Gasteiger partial charge in [0.05, 0.1) is 11.7 Å². The first-order chi connectivity index (χ1) is 15.7. The molecule has 0 heterocycles. The number of hydrogen-bond donors (Lipinski definition) is 1. The molecule has 1 aliphatic rings. The lowest BCUT2D eigenvalue weighted by atomic mass is 9.92. The molecule has 0 spiro atoms. The van der Waals surface area contributed by atoms with Gasteiger partial charge in [-0.2, -0.15) is 13.2 Å². The summed E-state index contributed by atoms with van der Waals surface area (Å²) >= 11 is 5.48. The fraction of sp³-hybridized carbons (Fsp3) is 0.640. The first-order valence-corrected chi connectivity index (χ1v) is 12.2. The van der Waals surface area contributed by atoms with Gasteiger partial charge in [-0.25, -0.2) is 0 Å². The second-order valence-electron chi connectivity index (χ2n) is 8.88. The maximum Gasteiger partial charge on any atom is 0.416 e. The Labute approximate surface area is 202 Å². The Kier molecular flexibility index (Phi) is 11.6. The maximum absolute atomic E-state index is 12.7. The van der Waals surface area contributed by atoms with Gasteiger partial charge < -0.3 is 19.9 Å². The molecule has 0 amide bonds. The highest BCUT2D eigenvalue weighted by atomic mass is 32.1. The average Bonchev–Trinajstić information content (AvgIpc) is 2.78. The van der Waals surface area contributed by atoms with E-state index in [1.165, 1.54) is 31.4 Å². The molecule has 1 aromatic carbocycles. The monoisotopic (exact) mass is 485 g/mol. The van der Waals surface area contributed by atoms with Gasteiger partial charge in [-0.15, -0.1) is 6.58 Å². The number of ether oxygens (including phenoxy) is 1. The van der Waals surface area contributed by atoms with Crippen LogP contribution in [0.3, 0.4) is 0 Å². The van der Waals surface area contributed by atoms with Gasteiger partial charge in [0.2, 0.25) is 0 Å². The smallest absolute Gasteiger partial charge is 0.378 e. The van der Waals surface area contributed by atoms with Crippen LogP contribution in [-0.4, -0.2) is 60.8 Å². The maximum atomic E-state index is 12.7. The van der Waals surface area contributed by atoms with Gasteiger partial charge in [0, 0.05) is 31.9 Å². The number of benzene rings is 1. The third kappa shape index (κ3) is 10.0. The van der Waals surface area contributed by atoms with Gasteiger partial charge in [0.25, 0.3) is 0 Å². The number of unbranched alkanes of at least 4 members (excludes halogenated alkanes) is 3. The topological polar surface area (TPSA) is 27.7 Å². The fourth-order valence-electron chi connectivity index (χ4n) is 4.12. The van der Waals surface area contributed by atoms with E-state index < -0.39 is 11.7 Å². The molecule has 2 rings (SSSR count). The zero-order valence-corrected chi connectivity index (χ0v) is 20.7. The van der Waals surface area contributed by atoms with Crippen LogP contribution in [-0.2, 0) is 10.9 Å². The van der Waals surface area contributed by atoms with Gasteiger partial charge in [-0.3, -0.25) is 0 Å². The van der Waals surface area contributed by atoms with E-state index >= 15 is 0 Å². The summed E-state index contributed by atoms with van der Waals surface area (Å²) in [6, 6.07) is 5.26. The predicted molar refractivity (Wildman–Crippen MR) is 134 cm³/mol. The van der Waals surface area contributed by atoms with Crippen molar-refractivity contribution in [1.29, 1.82) is 0 Å². The number of nitrogens with one attached hydrogen (secondary N) is 1. The Morgan fingerprint density at radius 3 is 2.33 bits per heavy atom. The van der Waals surface area contributed by atoms with E-state index in [2.05, 4.69) is 23.8 Å². The molecular formula is C25H38F3N3OS. The molecule has 0 unspecified atom stereocenters. The molecule has 1 saturated carbocycles. The third-order valence-corrected chi connectivity index (χ3v) is 6.59. The molecule has 4 nitrogen and oxygen atoms in total. The van der Waals surface area contributed by atoms with E-state index in [9.17, 15) is 13.2 Å². The van der Waals surface area contributed by atoms with Crippen molar-refractivity contribution in [1.82, 2.24) is 9.80 Å². The Morgan fingerprint density at radius 1 is 1.09 bits per heavy atom. The number of hydrogen-bond acceptors (Lipinski definition) is 3. The van der Waals surface area contributed by atoms with E-state index in [1.54, 1.807) is 0 Å². The molecule has 0 atom stereocenters. The van der Waals surface area contributed by atoms with Gasteiger partial charge in [-0.1, -0.05) is 18.9 Å². The molecule has 186 valence electrons. The second kappa shape index (κ2) is 13.9. The summed E-state index contributed by atoms with van der Waals surface area (Å²) in [5.41, 5.74) is -0.106. The molecule has 0 bridgehead atoms. The Bertz CT molecular complexity index is 719. The number of alkyl halides is 3. The average molecular weight is 486 g/mol. The SMILES string of the molecule is C=CCN(C)CCCCCCO[C@H]1CC[C@H](N(C)C(=S)Nc2ccc(C(F)(F)F)cc2)CC1. The molecule has 1 aliphatic carbocycles. The highest BCUT2D eigenvalue weighted by molar-refractivity contribution is 7.80. The lowest BCUT2D eigenvalue weighted by Gasteiger charge is -2.36. The summed E-state index contributed by atoms with van der Waals surface area (Å²) in [6.07, 6.45) is 6.64. The van der Waals surface area contributed by atoms with Gasteiger partial charge in [0.1, 0.15) is 0 Å². The van der Waals surface area contributed by atoms with Crippen molar-refractivity contribution in [3.8, 4) is 0 Å². The lowest BCUT2D eigenvalue weighted by Crippen LogP contribution is -2.42. The number of likely N-dealkylation sites (N-methyl/N-ethyl adjacent to an activating group) is 1. The van der Waals surface area contributed by atoms with E-state index in [0.717, 1.165) is 63.9 Å². The number of halogens is 3. The van der Waals surface area contributed by atoms with Gasteiger partial charge in [-0.05, 0) is 88.6 Å². The quantitative estimate of drug-likeness (QED) is 0.212. The van der Waals surface area contributed by atoms with Crippen LogP contribution in [0.25, 0.3) is 0 Å². The third-order valence-electron chi connectivity index (χ3n) is 6.20. The fourth-order valence-corrected chi connectivity index (χ4v) is 4.39. The molecule has 0 aromatic heterocycles. The standard InChI is InChI=1S/C25H38F3N3OS/c1-4-17-30(2)18-7-5-6-8-19-32-23-15-13-22(14-16-23)31(3)24(33)29-21-11-9-20(10-12-21)25(26,27)28/h4,9-12,22-23H,1,5-8,13-19H2,2-3H3,(H,29,33)/t22-,23-. The molecule has 1 aromatic rings. The largest absolute Gasteiger partial charge is 0.416 e. The molecular weight excluding hydrogens is 447 g/mol. The molecule has 0 aliphatic heterocycles. The summed E-state index contributed by atoms with van der Waals surface area (Å²) < 4.78 is 44.2. The van der Waals surface area contributed by atoms with Crippen LogP contribution < -0.4 is 5.32 Å². The lowest BCUT2D eigenvalue weighted by molar-refractivity contribution is -0.137. The Morgan fingerprint density at radius 2 is 1.73 bits per heavy atom. The van der Waals surface area contributed by atoms with Crippen molar-refractivity contribution in [2.75, 3.05) is 39.1 Å². The van der Waals surface area contributed by atoms with E-state index in [0.29, 0.717) is 22.9 Å². The van der Waals surface area contributed by atoms with Crippen molar-refractivity contribution < 1.29 is 17.9 Å². The van der Waals surface area contributed by atoms with Crippen molar-refractivity contribution >= 4 is 23.0 Å². The second-order valence-corrected chi connectivity index (χ2v) is 9.27. The van der Waals surface area contributed by atoms with Crippen LogP contribution in [0, 0.1) is 0 Å². The van der Waals surface area contributed by atoms with Crippen molar-refractivity contribution in [3.05, 3.63) is 42.5 Å². The normalized spacial score (nSPS) is 18.8. The molecule has 33 heavy (non-hydrogen) atoms. The van der Waals surface area contributed by atoms with Crippen molar-refractivity contribution in [3.63, 3.8) is 0 Å². The number of anilines is 1. The van der Waals surface area contributed by atoms with Crippen LogP contribution >= 0.6 is 12.2 Å². The molecule has 1 N–H and O–H groups in total. The van der Waals surface area contributed by atoms with Crippen LogP contribution in [0.4, 0.5) is 18.9 Å². The highest BCUT2D eigenvalue weighted by Crippen LogP contribution is 2.30. The summed E-state index contributed by atoms with van der Waals surface area (Å²) in [5, 5.41) is 3.58. The summed E-state index contributed by atoms with van der Waals surface area (Å²) in [6.45, 7) is 6.63. The van der Waals surface area contributed by atoms with E-state index in [-0.39, 0.29) is 0 Å². The Hall–Kier alpha value is -1.64. The van der Waals surface area contributed by atoms with E-state index in [1.807, 2.05) is 18.0 Å². The number of rotatable bonds is 12. The van der Waals surface area contributed by atoms with Crippen LogP contribution in [0.5, 0.6) is 0 Å².